The number of hydrogen-bond donors (Lipinski definition) is 0. The predicted molar refractivity (Wildman–Crippen MR) is 113 cm³/mol. The Morgan fingerprint density at radius 2 is 1.81 bits per heavy atom. The van der Waals surface area contributed by atoms with Crippen LogP contribution in [0, 0.1) is 0 Å². The number of benzene rings is 1. The van der Waals surface area contributed by atoms with E-state index in [-0.39, 0.29) is 5.91 Å². The molecule has 1 aromatic carbocycles. The van der Waals surface area contributed by atoms with Crippen LogP contribution in [0.3, 0.4) is 0 Å². The van der Waals surface area contributed by atoms with Crippen molar-refractivity contribution in [3.63, 3.8) is 0 Å². The summed E-state index contributed by atoms with van der Waals surface area (Å²) in [4.78, 5) is 24.1. The van der Waals surface area contributed by atoms with Crippen molar-refractivity contribution in [2.75, 3.05) is 31.1 Å². The minimum absolute atomic E-state index is 0.130. The van der Waals surface area contributed by atoms with Gasteiger partial charge in [-0.1, -0.05) is 24.3 Å². The largest absolute Gasteiger partial charge is 0.353 e. The lowest BCUT2D eigenvalue weighted by atomic mass is 10.2. The van der Waals surface area contributed by atoms with Gasteiger partial charge in [0.05, 0.1) is 5.56 Å². The van der Waals surface area contributed by atoms with Crippen molar-refractivity contribution in [2.45, 2.75) is 10.6 Å². The molecular formula is C21H21N3OS2. The van der Waals surface area contributed by atoms with E-state index in [2.05, 4.69) is 33.5 Å². The van der Waals surface area contributed by atoms with Crippen molar-refractivity contribution in [3.8, 4) is 0 Å². The second kappa shape index (κ2) is 8.59. The van der Waals surface area contributed by atoms with Crippen molar-refractivity contribution in [1.29, 1.82) is 0 Å². The molecule has 0 atom stereocenters. The quantitative estimate of drug-likeness (QED) is 0.600. The number of rotatable bonds is 5. The number of nitrogens with zero attached hydrogens (tertiary/aromatic N) is 3. The summed E-state index contributed by atoms with van der Waals surface area (Å²) in [5.74, 6) is 2.01. The van der Waals surface area contributed by atoms with Crippen LogP contribution in [-0.2, 0) is 5.75 Å². The summed E-state index contributed by atoms with van der Waals surface area (Å²) in [5.41, 5.74) is 0.811. The Morgan fingerprint density at radius 1 is 1.00 bits per heavy atom. The first-order valence-corrected chi connectivity index (χ1v) is 10.9. The predicted octanol–water partition coefficient (Wildman–Crippen LogP) is 4.40. The summed E-state index contributed by atoms with van der Waals surface area (Å²) in [6.07, 6.45) is 1.81. The topological polar surface area (TPSA) is 36.4 Å². The van der Waals surface area contributed by atoms with Crippen LogP contribution in [0.4, 0.5) is 5.82 Å². The molecule has 0 aliphatic carbocycles. The van der Waals surface area contributed by atoms with E-state index in [1.54, 1.807) is 23.1 Å². The molecular weight excluding hydrogens is 374 g/mol. The van der Waals surface area contributed by atoms with Crippen LogP contribution in [0.5, 0.6) is 0 Å². The summed E-state index contributed by atoms with van der Waals surface area (Å²) >= 11 is 3.49. The van der Waals surface area contributed by atoms with E-state index in [1.165, 1.54) is 4.88 Å². The van der Waals surface area contributed by atoms with Gasteiger partial charge in [-0.2, -0.15) is 0 Å². The highest BCUT2D eigenvalue weighted by atomic mass is 32.2. The number of carbonyl (C=O) groups excluding carboxylic acids is 1. The molecule has 0 spiro atoms. The molecule has 0 radical (unpaired) electrons. The highest BCUT2D eigenvalue weighted by Gasteiger charge is 2.24. The van der Waals surface area contributed by atoms with Crippen LogP contribution in [0.25, 0.3) is 0 Å². The zero-order chi connectivity index (χ0) is 18.5. The third-order valence-corrected chi connectivity index (χ3v) is 6.79. The maximum Gasteiger partial charge on any atom is 0.255 e. The van der Waals surface area contributed by atoms with Gasteiger partial charge in [-0.15, -0.1) is 23.1 Å². The van der Waals surface area contributed by atoms with E-state index in [4.69, 9.17) is 0 Å². The van der Waals surface area contributed by atoms with E-state index in [0.29, 0.717) is 0 Å². The molecule has 0 bridgehead atoms. The summed E-state index contributed by atoms with van der Waals surface area (Å²) in [5, 5.41) is 2.09. The molecule has 4 rings (SSSR count). The Balaban J connectivity index is 1.41. The van der Waals surface area contributed by atoms with Crippen molar-refractivity contribution in [2.24, 2.45) is 0 Å². The molecule has 3 aromatic rings. The van der Waals surface area contributed by atoms with E-state index in [9.17, 15) is 4.79 Å². The number of carbonyl (C=O) groups is 1. The first-order valence-electron chi connectivity index (χ1n) is 9.01. The second-order valence-electron chi connectivity index (χ2n) is 6.33. The molecule has 27 heavy (non-hydrogen) atoms. The first kappa shape index (κ1) is 18.1. The zero-order valence-electron chi connectivity index (χ0n) is 15.0. The van der Waals surface area contributed by atoms with Gasteiger partial charge in [0, 0.05) is 47.9 Å². The summed E-state index contributed by atoms with van der Waals surface area (Å²) in [6.45, 7) is 3.07. The molecule has 1 fully saturated rings. The first-order chi connectivity index (χ1) is 13.3. The Hall–Kier alpha value is -2.31. The van der Waals surface area contributed by atoms with Crippen LogP contribution in [0.15, 0.2) is 71.1 Å². The van der Waals surface area contributed by atoms with Crippen molar-refractivity contribution >= 4 is 34.8 Å². The number of amides is 1. The standard InChI is InChI=1S/C21H21N3OS2/c25-21(24-13-11-23(12-14-24)20-9-3-4-10-22-20)18-7-1-2-8-19(18)27-16-17-6-5-15-26-17/h1-10,15H,11-14,16H2. The maximum absolute atomic E-state index is 13.1. The van der Waals surface area contributed by atoms with Crippen molar-refractivity contribution in [1.82, 2.24) is 9.88 Å². The smallest absolute Gasteiger partial charge is 0.255 e. The van der Waals surface area contributed by atoms with Gasteiger partial charge in [-0.05, 0) is 35.7 Å². The van der Waals surface area contributed by atoms with Gasteiger partial charge in [-0.3, -0.25) is 4.79 Å². The number of hydrogen-bond acceptors (Lipinski definition) is 5. The molecule has 0 N–H and O–H groups in total. The number of aromatic nitrogens is 1. The summed E-state index contributed by atoms with van der Waals surface area (Å²) in [6, 6.07) is 18.1. The minimum atomic E-state index is 0.130. The fourth-order valence-electron chi connectivity index (χ4n) is 3.16. The lowest BCUT2D eigenvalue weighted by Crippen LogP contribution is -2.49. The molecule has 2 aromatic heterocycles. The average molecular weight is 396 g/mol. The van der Waals surface area contributed by atoms with Gasteiger partial charge in [0.25, 0.3) is 5.91 Å². The third-order valence-electron chi connectivity index (χ3n) is 4.61. The number of piperazine rings is 1. The van der Waals surface area contributed by atoms with Crippen molar-refractivity contribution < 1.29 is 4.79 Å². The Labute approximate surface area is 167 Å². The molecule has 1 saturated heterocycles. The molecule has 138 valence electrons. The second-order valence-corrected chi connectivity index (χ2v) is 8.38. The lowest BCUT2D eigenvalue weighted by molar-refractivity contribution is 0.0743. The number of pyridine rings is 1. The molecule has 0 saturated carbocycles. The lowest BCUT2D eigenvalue weighted by Gasteiger charge is -2.35. The van der Waals surface area contributed by atoms with Crippen LogP contribution < -0.4 is 4.90 Å². The Kier molecular flexibility index (Phi) is 5.75. The Morgan fingerprint density at radius 3 is 2.56 bits per heavy atom. The van der Waals surface area contributed by atoms with Crippen LogP contribution in [-0.4, -0.2) is 42.0 Å². The van der Waals surface area contributed by atoms with Crippen LogP contribution in [0.1, 0.15) is 15.2 Å². The average Bonchev–Trinajstić information content (AvgIpc) is 3.26. The molecule has 1 aliphatic heterocycles. The van der Waals surface area contributed by atoms with Gasteiger partial charge >= 0.3 is 0 Å². The van der Waals surface area contributed by atoms with E-state index >= 15 is 0 Å². The van der Waals surface area contributed by atoms with E-state index in [1.807, 2.05) is 47.5 Å². The Bertz CT molecular complexity index is 875. The highest BCUT2D eigenvalue weighted by Crippen LogP contribution is 2.29. The van der Waals surface area contributed by atoms with Gasteiger partial charge in [0.15, 0.2) is 0 Å². The molecule has 1 amide bonds. The van der Waals surface area contributed by atoms with Gasteiger partial charge in [-0.25, -0.2) is 4.98 Å². The van der Waals surface area contributed by atoms with E-state index < -0.39 is 0 Å². The number of anilines is 1. The fraction of sp³-hybridized carbons (Fsp3) is 0.238. The SMILES string of the molecule is O=C(c1ccccc1SCc1cccs1)N1CCN(c2ccccn2)CC1. The van der Waals surface area contributed by atoms with Gasteiger partial charge in [0.1, 0.15) is 5.82 Å². The molecule has 3 heterocycles. The zero-order valence-corrected chi connectivity index (χ0v) is 16.6. The number of thioether (sulfide) groups is 1. The van der Waals surface area contributed by atoms with Crippen molar-refractivity contribution in [3.05, 3.63) is 76.6 Å². The molecule has 4 nitrogen and oxygen atoms in total. The van der Waals surface area contributed by atoms with Crippen LogP contribution >= 0.6 is 23.1 Å². The third kappa shape index (κ3) is 4.34. The van der Waals surface area contributed by atoms with Crippen LogP contribution in [0.2, 0.25) is 0 Å². The monoisotopic (exact) mass is 395 g/mol. The molecule has 6 heteroatoms. The maximum atomic E-state index is 13.1. The molecule has 1 aliphatic rings. The van der Waals surface area contributed by atoms with Gasteiger partial charge in [0.2, 0.25) is 0 Å². The molecule has 0 unspecified atom stereocenters. The number of thiophene rings is 1. The normalized spacial score (nSPS) is 14.4. The summed E-state index contributed by atoms with van der Waals surface area (Å²) in [7, 11) is 0. The minimum Gasteiger partial charge on any atom is -0.353 e. The van der Waals surface area contributed by atoms with Gasteiger partial charge < -0.3 is 9.80 Å². The highest BCUT2D eigenvalue weighted by molar-refractivity contribution is 7.98. The summed E-state index contributed by atoms with van der Waals surface area (Å²) < 4.78 is 0. The fourth-order valence-corrected chi connectivity index (χ4v) is 4.98. The van der Waals surface area contributed by atoms with E-state index in [0.717, 1.165) is 48.2 Å².